The number of rotatable bonds is 2. The predicted molar refractivity (Wildman–Crippen MR) is 66.6 cm³/mol. The first kappa shape index (κ1) is 12.2. The van der Waals surface area contributed by atoms with Crippen LogP contribution < -0.4 is 5.32 Å². The molecule has 1 aliphatic heterocycles. The van der Waals surface area contributed by atoms with Crippen LogP contribution in [0.15, 0.2) is 24.4 Å². The monoisotopic (exact) mass is 261 g/mol. The second-order valence-corrected chi connectivity index (χ2v) is 4.60. The quantitative estimate of drug-likeness (QED) is 0.898. The van der Waals surface area contributed by atoms with Gasteiger partial charge in [-0.1, -0.05) is 6.07 Å². The first-order chi connectivity index (χ1) is 9.22. The average Bonchev–Trinajstić information content (AvgIpc) is 2.42. The van der Waals surface area contributed by atoms with Crippen LogP contribution in [0.3, 0.4) is 0 Å². The molecule has 2 heterocycles. The van der Waals surface area contributed by atoms with Crippen molar-refractivity contribution in [3.8, 4) is 0 Å². The zero-order chi connectivity index (χ0) is 13.2. The lowest BCUT2D eigenvalue weighted by atomic mass is 10.1. The molecule has 0 saturated carbocycles. The van der Waals surface area contributed by atoms with Gasteiger partial charge in [-0.05, 0) is 11.6 Å². The number of hydrogen-bond acceptors (Lipinski definition) is 3. The Morgan fingerprint density at radius 2 is 2.16 bits per heavy atom. The molecule has 0 atom stereocenters. The van der Waals surface area contributed by atoms with Crippen molar-refractivity contribution in [3.63, 3.8) is 0 Å². The molecule has 0 amide bonds. The largest absolute Gasteiger partial charge is 0.312 e. The highest BCUT2D eigenvalue weighted by molar-refractivity contribution is 5.25. The van der Waals surface area contributed by atoms with E-state index in [-0.39, 0.29) is 6.42 Å². The van der Waals surface area contributed by atoms with Gasteiger partial charge in [-0.2, -0.15) is 0 Å². The highest BCUT2D eigenvalue weighted by atomic mass is 19.1. The van der Waals surface area contributed by atoms with Crippen molar-refractivity contribution in [3.05, 3.63) is 58.7 Å². The van der Waals surface area contributed by atoms with E-state index in [1.165, 1.54) is 12.1 Å². The lowest BCUT2D eigenvalue weighted by Crippen LogP contribution is -2.25. The molecular weight excluding hydrogens is 248 g/mol. The highest BCUT2D eigenvalue weighted by Crippen LogP contribution is 2.15. The number of benzene rings is 1. The van der Waals surface area contributed by atoms with E-state index < -0.39 is 11.6 Å². The van der Waals surface area contributed by atoms with Gasteiger partial charge in [0.25, 0.3) is 0 Å². The van der Waals surface area contributed by atoms with E-state index in [1.807, 2.05) is 0 Å². The number of nitrogens with zero attached hydrogens (tertiary/aromatic N) is 2. The van der Waals surface area contributed by atoms with Crippen LogP contribution in [-0.2, 0) is 19.4 Å². The summed E-state index contributed by atoms with van der Waals surface area (Å²) in [4.78, 5) is 8.70. The molecule has 0 fully saturated rings. The fraction of sp³-hybridized carbons (Fsp3) is 0.286. The van der Waals surface area contributed by atoms with Crippen molar-refractivity contribution in [1.29, 1.82) is 0 Å². The molecule has 1 aromatic carbocycles. The van der Waals surface area contributed by atoms with Crippen LogP contribution in [0.25, 0.3) is 0 Å². The lowest BCUT2D eigenvalue weighted by Gasteiger charge is -2.16. The van der Waals surface area contributed by atoms with Crippen molar-refractivity contribution in [2.24, 2.45) is 0 Å². The SMILES string of the molecule is Fc1ccc(Cc2ncc3c(n2)CCNC3)c(F)c1. The summed E-state index contributed by atoms with van der Waals surface area (Å²) >= 11 is 0. The molecule has 5 heteroatoms. The van der Waals surface area contributed by atoms with Gasteiger partial charge in [-0.3, -0.25) is 0 Å². The Kier molecular flexibility index (Phi) is 3.21. The van der Waals surface area contributed by atoms with Crippen LogP contribution in [0, 0.1) is 11.6 Å². The predicted octanol–water partition coefficient (Wildman–Crippen LogP) is 1.99. The Morgan fingerprint density at radius 1 is 1.26 bits per heavy atom. The molecule has 0 bridgehead atoms. The second kappa shape index (κ2) is 5.01. The number of nitrogens with one attached hydrogen (secondary N) is 1. The van der Waals surface area contributed by atoms with Crippen LogP contribution in [0.1, 0.15) is 22.6 Å². The standard InChI is InChI=1S/C14H13F2N3/c15-11-2-1-9(12(16)6-11)5-14-18-8-10-7-17-4-3-13(10)19-14/h1-2,6,8,17H,3-5,7H2. The zero-order valence-electron chi connectivity index (χ0n) is 10.3. The maximum absolute atomic E-state index is 13.6. The Labute approximate surface area is 109 Å². The minimum atomic E-state index is -0.571. The molecule has 0 spiro atoms. The number of hydrogen-bond donors (Lipinski definition) is 1. The van der Waals surface area contributed by atoms with Gasteiger partial charge in [0.1, 0.15) is 17.5 Å². The molecule has 0 radical (unpaired) electrons. The summed E-state index contributed by atoms with van der Waals surface area (Å²) in [6.07, 6.45) is 2.93. The molecule has 98 valence electrons. The minimum Gasteiger partial charge on any atom is -0.312 e. The van der Waals surface area contributed by atoms with E-state index in [1.54, 1.807) is 6.20 Å². The molecule has 0 saturated heterocycles. The molecule has 3 rings (SSSR count). The van der Waals surface area contributed by atoms with Crippen LogP contribution in [-0.4, -0.2) is 16.5 Å². The summed E-state index contributed by atoms with van der Waals surface area (Å²) in [6.45, 7) is 1.68. The van der Waals surface area contributed by atoms with Crippen LogP contribution in [0.4, 0.5) is 8.78 Å². The maximum Gasteiger partial charge on any atom is 0.133 e. The van der Waals surface area contributed by atoms with Crippen molar-refractivity contribution in [2.45, 2.75) is 19.4 Å². The molecule has 3 nitrogen and oxygen atoms in total. The number of halogens is 2. The first-order valence-electron chi connectivity index (χ1n) is 6.21. The van der Waals surface area contributed by atoms with E-state index in [4.69, 9.17) is 0 Å². The molecular formula is C14H13F2N3. The van der Waals surface area contributed by atoms with Gasteiger partial charge in [0.15, 0.2) is 0 Å². The van der Waals surface area contributed by atoms with E-state index >= 15 is 0 Å². The van der Waals surface area contributed by atoms with Gasteiger partial charge in [0, 0.05) is 49.5 Å². The van der Waals surface area contributed by atoms with Crippen LogP contribution in [0.5, 0.6) is 0 Å². The van der Waals surface area contributed by atoms with E-state index in [0.717, 1.165) is 36.8 Å². The Bertz CT molecular complexity index is 614. The smallest absolute Gasteiger partial charge is 0.133 e. The summed E-state index contributed by atoms with van der Waals surface area (Å²) in [5.74, 6) is -0.548. The topological polar surface area (TPSA) is 37.8 Å². The van der Waals surface area contributed by atoms with Crippen molar-refractivity contribution in [1.82, 2.24) is 15.3 Å². The van der Waals surface area contributed by atoms with E-state index in [0.29, 0.717) is 11.4 Å². The Hall–Kier alpha value is -1.88. The Balaban J connectivity index is 1.87. The highest BCUT2D eigenvalue weighted by Gasteiger charge is 2.13. The summed E-state index contributed by atoms with van der Waals surface area (Å²) in [6, 6.07) is 3.58. The van der Waals surface area contributed by atoms with Crippen LogP contribution >= 0.6 is 0 Å². The molecule has 2 aromatic rings. The number of fused-ring (bicyclic) bond motifs is 1. The number of aromatic nitrogens is 2. The summed E-state index contributed by atoms with van der Waals surface area (Å²) in [5, 5.41) is 3.24. The summed E-state index contributed by atoms with van der Waals surface area (Å²) < 4.78 is 26.4. The van der Waals surface area contributed by atoms with Crippen molar-refractivity contribution in [2.75, 3.05) is 6.54 Å². The molecule has 0 unspecified atom stereocenters. The second-order valence-electron chi connectivity index (χ2n) is 4.60. The van der Waals surface area contributed by atoms with Gasteiger partial charge >= 0.3 is 0 Å². The third-order valence-electron chi connectivity index (χ3n) is 3.22. The van der Waals surface area contributed by atoms with Gasteiger partial charge in [-0.15, -0.1) is 0 Å². The molecule has 1 aliphatic rings. The first-order valence-corrected chi connectivity index (χ1v) is 6.21. The van der Waals surface area contributed by atoms with Crippen molar-refractivity contribution < 1.29 is 8.78 Å². The maximum atomic E-state index is 13.6. The third-order valence-corrected chi connectivity index (χ3v) is 3.22. The van der Waals surface area contributed by atoms with Crippen molar-refractivity contribution >= 4 is 0 Å². The fourth-order valence-corrected chi connectivity index (χ4v) is 2.20. The minimum absolute atomic E-state index is 0.285. The van der Waals surface area contributed by atoms with E-state index in [9.17, 15) is 8.78 Å². The normalized spacial score (nSPS) is 14.2. The summed E-state index contributed by atoms with van der Waals surface area (Å²) in [7, 11) is 0. The molecule has 1 N–H and O–H groups in total. The zero-order valence-corrected chi connectivity index (χ0v) is 10.3. The Morgan fingerprint density at radius 3 is 3.00 bits per heavy atom. The fourth-order valence-electron chi connectivity index (χ4n) is 2.20. The third kappa shape index (κ3) is 2.61. The van der Waals surface area contributed by atoms with Gasteiger partial charge in [0.05, 0.1) is 0 Å². The summed E-state index contributed by atoms with van der Waals surface area (Å²) in [5.41, 5.74) is 2.52. The molecule has 1 aromatic heterocycles. The molecule has 19 heavy (non-hydrogen) atoms. The van der Waals surface area contributed by atoms with Crippen LogP contribution in [0.2, 0.25) is 0 Å². The van der Waals surface area contributed by atoms with Gasteiger partial charge in [-0.25, -0.2) is 18.7 Å². The molecule has 0 aliphatic carbocycles. The van der Waals surface area contributed by atoms with E-state index in [2.05, 4.69) is 15.3 Å². The van der Waals surface area contributed by atoms with Gasteiger partial charge in [0.2, 0.25) is 0 Å². The lowest BCUT2D eigenvalue weighted by molar-refractivity contribution is 0.572. The van der Waals surface area contributed by atoms with Gasteiger partial charge < -0.3 is 5.32 Å². The average molecular weight is 261 g/mol.